The Morgan fingerprint density at radius 2 is 1.89 bits per heavy atom. The van der Waals surface area contributed by atoms with Gasteiger partial charge in [0.25, 0.3) is 5.69 Å². The van der Waals surface area contributed by atoms with Crippen molar-refractivity contribution < 1.29 is 32.8 Å². The zero-order valence-corrected chi connectivity index (χ0v) is 13.8. The predicted molar refractivity (Wildman–Crippen MR) is 86.0 cm³/mol. The van der Waals surface area contributed by atoms with Crippen molar-refractivity contribution in [1.82, 2.24) is 4.90 Å². The molecule has 0 bridgehead atoms. The van der Waals surface area contributed by atoms with E-state index >= 15 is 0 Å². The van der Waals surface area contributed by atoms with Gasteiger partial charge in [-0.1, -0.05) is 6.07 Å². The summed E-state index contributed by atoms with van der Waals surface area (Å²) in [6, 6.07) is 7.69. The van der Waals surface area contributed by atoms with Crippen molar-refractivity contribution in [2.45, 2.75) is 12.5 Å². The first kappa shape index (κ1) is 18.2. The van der Waals surface area contributed by atoms with Crippen molar-refractivity contribution in [1.29, 1.82) is 0 Å². The minimum Gasteiger partial charge on any atom is -0.436 e. The van der Waals surface area contributed by atoms with E-state index in [0.29, 0.717) is 4.90 Å². The fourth-order valence-corrected chi connectivity index (χ4v) is 2.55. The molecule has 1 unspecified atom stereocenters. The molecule has 1 aliphatic heterocycles. The summed E-state index contributed by atoms with van der Waals surface area (Å²) in [6.45, 7) is 1.15. The van der Waals surface area contributed by atoms with Gasteiger partial charge in [0.2, 0.25) is 0 Å². The van der Waals surface area contributed by atoms with Crippen LogP contribution in [-0.4, -0.2) is 28.6 Å². The number of hydrogen-bond acceptors (Lipinski definition) is 6. The van der Waals surface area contributed by atoms with Crippen LogP contribution in [0.5, 0.6) is 5.75 Å². The van der Waals surface area contributed by atoms with Crippen molar-refractivity contribution in [2.24, 2.45) is 0 Å². The summed E-state index contributed by atoms with van der Waals surface area (Å²) in [7, 11) is 0. The Morgan fingerprint density at radius 1 is 1.22 bits per heavy atom. The minimum absolute atomic E-state index is 0.0140. The van der Waals surface area contributed by atoms with Gasteiger partial charge in [0.1, 0.15) is 5.75 Å². The van der Waals surface area contributed by atoms with Gasteiger partial charge < -0.3 is 9.47 Å². The molecule has 27 heavy (non-hydrogen) atoms. The van der Waals surface area contributed by atoms with Crippen molar-refractivity contribution in [3.63, 3.8) is 0 Å². The van der Waals surface area contributed by atoms with Crippen LogP contribution in [0.2, 0.25) is 0 Å². The molecule has 1 fully saturated rings. The summed E-state index contributed by atoms with van der Waals surface area (Å²) in [6.07, 6.45) is -2.09. The first-order valence-electron chi connectivity index (χ1n) is 7.62. The molecule has 10 heteroatoms. The number of rotatable bonds is 3. The number of halogens is 2. The second-order valence-corrected chi connectivity index (χ2v) is 5.93. The van der Waals surface area contributed by atoms with Crippen LogP contribution in [0.15, 0.2) is 42.5 Å². The molecule has 3 rings (SSSR count). The number of ether oxygens (including phenoxy) is 2. The molecule has 8 nitrogen and oxygen atoms in total. The van der Waals surface area contributed by atoms with E-state index in [1.807, 2.05) is 0 Å². The summed E-state index contributed by atoms with van der Waals surface area (Å²) in [5.41, 5.74) is -1.41. The normalized spacial score (nSPS) is 18.9. The number of cyclic esters (lactones) is 1. The lowest BCUT2D eigenvalue weighted by Crippen LogP contribution is -2.36. The van der Waals surface area contributed by atoms with Gasteiger partial charge in [-0.15, -0.1) is 0 Å². The average molecular weight is 378 g/mol. The van der Waals surface area contributed by atoms with Crippen LogP contribution in [0, 0.1) is 21.7 Å². The number of benzene rings is 2. The molecule has 1 saturated heterocycles. The fraction of sp³-hybridized carbons (Fsp3) is 0.176. The Labute approximate surface area is 151 Å². The maximum absolute atomic E-state index is 13.5. The molecule has 140 valence electrons. The molecule has 0 aliphatic carbocycles. The fourth-order valence-electron chi connectivity index (χ4n) is 2.55. The van der Waals surface area contributed by atoms with E-state index in [9.17, 15) is 28.5 Å². The van der Waals surface area contributed by atoms with Gasteiger partial charge in [-0.05, 0) is 31.2 Å². The van der Waals surface area contributed by atoms with Gasteiger partial charge in [-0.3, -0.25) is 10.1 Å². The molecule has 0 spiro atoms. The van der Waals surface area contributed by atoms with E-state index in [-0.39, 0.29) is 23.5 Å². The number of carbonyl (C=O) groups is 2. The molecule has 0 aromatic heterocycles. The summed E-state index contributed by atoms with van der Waals surface area (Å²) in [4.78, 5) is 34.9. The highest BCUT2D eigenvalue weighted by atomic mass is 19.2. The number of non-ortho nitro benzene ring substituents is 1. The molecule has 2 amide bonds. The highest BCUT2D eigenvalue weighted by Crippen LogP contribution is 2.34. The van der Waals surface area contributed by atoms with Crippen molar-refractivity contribution >= 4 is 17.9 Å². The summed E-state index contributed by atoms with van der Waals surface area (Å²) in [5.74, 6) is -2.18. The molecular weight excluding hydrogens is 366 g/mol. The van der Waals surface area contributed by atoms with Gasteiger partial charge >= 0.3 is 12.2 Å². The molecule has 2 aromatic rings. The number of imide groups is 1. The van der Waals surface area contributed by atoms with Crippen LogP contribution in [-0.2, 0) is 10.3 Å². The van der Waals surface area contributed by atoms with Crippen LogP contribution in [0.1, 0.15) is 12.5 Å². The Hall–Kier alpha value is -3.56. The topological polar surface area (TPSA) is 99.0 Å². The number of nitro groups is 1. The number of hydrogen-bond donors (Lipinski definition) is 0. The standard InChI is InChI=1S/C17H12F2N2O6/c1-17(10-2-7-13(18)14(19)8-10)9-20(16(23)27-17)15(22)26-12-5-3-11(4-6-12)21(24)25/h2-8H,9H2,1H3. The maximum atomic E-state index is 13.5. The summed E-state index contributed by atoms with van der Waals surface area (Å²) < 4.78 is 36.7. The lowest BCUT2D eigenvalue weighted by molar-refractivity contribution is -0.384. The third-order valence-electron chi connectivity index (χ3n) is 4.00. The number of amides is 2. The molecule has 0 saturated carbocycles. The smallest absolute Gasteiger partial charge is 0.424 e. The Bertz CT molecular complexity index is 934. The number of carbonyl (C=O) groups excluding carboxylic acids is 2. The first-order chi connectivity index (χ1) is 12.7. The highest BCUT2D eigenvalue weighted by molar-refractivity contribution is 5.90. The molecule has 1 heterocycles. The lowest BCUT2D eigenvalue weighted by atomic mass is 9.96. The zero-order chi connectivity index (χ0) is 19.8. The minimum atomic E-state index is -1.39. The molecule has 0 radical (unpaired) electrons. The number of nitro benzene ring substituents is 1. The SMILES string of the molecule is CC1(c2ccc(F)c(F)c2)CN(C(=O)Oc2ccc([N+](=O)[O-])cc2)C(=O)O1. The zero-order valence-electron chi connectivity index (χ0n) is 13.8. The van der Waals surface area contributed by atoms with Gasteiger partial charge in [-0.2, -0.15) is 0 Å². The van der Waals surface area contributed by atoms with Crippen LogP contribution in [0.4, 0.5) is 24.1 Å². The average Bonchev–Trinajstić information content (AvgIpc) is 2.93. The Kier molecular flexibility index (Phi) is 4.48. The van der Waals surface area contributed by atoms with Crippen molar-refractivity contribution in [2.75, 3.05) is 6.54 Å². The highest BCUT2D eigenvalue weighted by Gasteiger charge is 2.46. The van der Waals surface area contributed by atoms with Crippen LogP contribution in [0.3, 0.4) is 0 Å². The van der Waals surface area contributed by atoms with E-state index in [4.69, 9.17) is 9.47 Å². The van der Waals surface area contributed by atoms with Crippen molar-refractivity contribution in [3.8, 4) is 5.75 Å². The van der Waals surface area contributed by atoms with E-state index in [2.05, 4.69) is 0 Å². The quantitative estimate of drug-likeness (QED) is 0.596. The van der Waals surface area contributed by atoms with Gasteiger partial charge in [0.05, 0.1) is 11.5 Å². The first-order valence-corrected chi connectivity index (χ1v) is 7.62. The molecular formula is C17H12F2N2O6. The van der Waals surface area contributed by atoms with E-state index in [1.165, 1.54) is 25.1 Å². The summed E-state index contributed by atoms with van der Waals surface area (Å²) in [5, 5.41) is 10.6. The second kappa shape index (κ2) is 6.63. The van der Waals surface area contributed by atoms with Gasteiger partial charge in [0.15, 0.2) is 17.2 Å². The van der Waals surface area contributed by atoms with E-state index < -0.39 is 34.3 Å². The Morgan fingerprint density at radius 3 is 2.48 bits per heavy atom. The predicted octanol–water partition coefficient (Wildman–Crippen LogP) is 3.74. The van der Waals surface area contributed by atoms with Crippen molar-refractivity contribution in [3.05, 3.63) is 69.8 Å². The molecule has 2 aromatic carbocycles. The maximum Gasteiger partial charge on any atom is 0.424 e. The number of nitrogens with zero attached hydrogens (tertiary/aromatic N) is 2. The largest absolute Gasteiger partial charge is 0.436 e. The van der Waals surface area contributed by atoms with Gasteiger partial charge in [-0.25, -0.2) is 23.3 Å². The van der Waals surface area contributed by atoms with Crippen LogP contribution in [0.25, 0.3) is 0 Å². The van der Waals surface area contributed by atoms with E-state index in [0.717, 1.165) is 24.3 Å². The van der Waals surface area contributed by atoms with Crippen LogP contribution < -0.4 is 4.74 Å². The van der Waals surface area contributed by atoms with Crippen LogP contribution >= 0.6 is 0 Å². The molecule has 0 N–H and O–H groups in total. The van der Waals surface area contributed by atoms with E-state index in [1.54, 1.807) is 0 Å². The monoisotopic (exact) mass is 378 g/mol. The Balaban J connectivity index is 1.75. The second-order valence-electron chi connectivity index (χ2n) is 5.93. The summed E-state index contributed by atoms with van der Waals surface area (Å²) >= 11 is 0. The third kappa shape index (κ3) is 3.54. The lowest BCUT2D eigenvalue weighted by Gasteiger charge is -2.22. The molecule has 1 atom stereocenters. The third-order valence-corrected chi connectivity index (χ3v) is 4.00. The molecule has 1 aliphatic rings. The van der Waals surface area contributed by atoms with Gasteiger partial charge in [0, 0.05) is 17.7 Å².